The molecule has 186 valence electrons. The van der Waals surface area contributed by atoms with Crippen LogP contribution < -0.4 is 5.32 Å². The number of nitrogens with zero attached hydrogens (tertiary/aromatic N) is 1. The molecule has 3 saturated heterocycles. The third-order valence-electron chi connectivity index (χ3n) is 7.57. The van der Waals surface area contributed by atoms with E-state index in [1.165, 1.54) is 17.2 Å². The van der Waals surface area contributed by atoms with Crippen molar-refractivity contribution in [2.45, 2.75) is 99.7 Å². The molecule has 2 amide bonds. The van der Waals surface area contributed by atoms with E-state index in [0.717, 1.165) is 32.1 Å². The van der Waals surface area contributed by atoms with Crippen LogP contribution in [0.3, 0.4) is 0 Å². The molecule has 11 nitrogen and oxygen atoms in total. The van der Waals surface area contributed by atoms with Crippen LogP contribution in [0.5, 0.6) is 0 Å². The fourth-order valence-corrected chi connectivity index (χ4v) is 6.30. The van der Waals surface area contributed by atoms with Crippen molar-refractivity contribution in [1.29, 1.82) is 0 Å². The zero-order valence-corrected chi connectivity index (χ0v) is 19.4. The predicted molar refractivity (Wildman–Crippen MR) is 114 cm³/mol. The number of amides is 2. The summed E-state index contributed by atoms with van der Waals surface area (Å²) in [5.74, 6) is -0.594. The largest absolute Gasteiger partial charge is 0.469 e. The summed E-state index contributed by atoms with van der Waals surface area (Å²) in [4.78, 5) is 46.1. The van der Waals surface area contributed by atoms with Gasteiger partial charge in [0.1, 0.15) is 30.0 Å². The van der Waals surface area contributed by atoms with Gasteiger partial charge >= 0.3 is 7.82 Å². The van der Waals surface area contributed by atoms with E-state index < -0.39 is 49.9 Å². The number of phosphoric acid groups is 1. The van der Waals surface area contributed by atoms with Gasteiger partial charge in [-0.3, -0.25) is 14.1 Å². The number of hydrogen-bond acceptors (Lipinski definition) is 7. The van der Waals surface area contributed by atoms with Gasteiger partial charge in [-0.25, -0.2) is 4.57 Å². The number of hydrogen-bond donors (Lipinski definition) is 5. The normalized spacial score (nSPS) is 40.2. The third-order valence-corrected chi connectivity index (χ3v) is 8.06. The van der Waals surface area contributed by atoms with Crippen LogP contribution in [-0.2, 0) is 23.4 Å². The molecular weight excluding hydrogens is 455 g/mol. The topological polar surface area (TPSA) is 166 Å². The van der Waals surface area contributed by atoms with Crippen LogP contribution in [0.4, 0.5) is 0 Å². The Morgan fingerprint density at radius 2 is 1.67 bits per heavy atom. The first kappa shape index (κ1) is 24.8. The van der Waals surface area contributed by atoms with Gasteiger partial charge in [-0.2, -0.15) is 0 Å². The van der Waals surface area contributed by atoms with Gasteiger partial charge < -0.3 is 35.0 Å². The summed E-state index contributed by atoms with van der Waals surface area (Å²) in [6.07, 6.45) is 4.76. The van der Waals surface area contributed by atoms with Crippen molar-refractivity contribution < 1.29 is 43.4 Å². The maximum atomic E-state index is 13.9. The van der Waals surface area contributed by atoms with Crippen molar-refractivity contribution in [3.8, 4) is 0 Å². The molecule has 0 saturated carbocycles. The van der Waals surface area contributed by atoms with Crippen LogP contribution in [0.1, 0.15) is 64.2 Å². The van der Waals surface area contributed by atoms with E-state index >= 15 is 0 Å². The molecule has 4 aliphatic heterocycles. The Balaban J connectivity index is 1.73. The zero-order valence-electron chi connectivity index (χ0n) is 18.5. The maximum absolute atomic E-state index is 13.9. The fourth-order valence-electron chi connectivity index (χ4n) is 5.96. The first-order chi connectivity index (χ1) is 15.6. The number of ether oxygens (including phenoxy) is 1. The molecule has 0 aliphatic carbocycles. The Labute approximate surface area is 192 Å². The Kier molecular flexibility index (Phi) is 7.04. The number of rotatable bonds is 4. The molecule has 3 bridgehead atoms. The summed E-state index contributed by atoms with van der Waals surface area (Å²) in [7, 11) is -4.80. The van der Waals surface area contributed by atoms with Gasteiger partial charge in [0.05, 0.1) is 12.1 Å². The van der Waals surface area contributed by atoms with Gasteiger partial charge in [0.25, 0.3) is 5.91 Å². The molecule has 5 N–H and O–H groups in total. The van der Waals surface area contributed by atoms with E-state index in [1.54, 1.807) is 0 Å². The first-order valence-corrected chi connectivity index (χ1v) is 13.2. The number of nitrogens with one attached hydrogen (secondary N) is 1. The van der Waals surface area contributed by atoms with E-state index in [2.05, 4.69) is 9.84 Å². The van der Waals surface area contributed by atoms with Crippen LogP contribution in [0, 0.1) is 0 Å². The Morgan fingerprint density at radius 1 is 1.03 bits per heavy atom. The lowest BCUT2D eigenvalue weighted by atomic mass is 9.78. The second-order valence-electron chi connectivity index (χ2n) is 9.65. The lowest BCUT2D eigenvalue weighted by molar-refractivity contribution is -0.151. The molecule has 0 radical (unpaired) electrons. The van der Waals surface area contributed by atoms with E-state index in [4.69, 9.17) is 14.5 Å². The summed E-state index contributed by atoms with van der Waals surface area (Å²) < 4.78 is 21.7. The Morgan fingerprint density at radius 3 is 2.39 bits per heavy atom. The van der Waals surface area contributed by atoms with Crippen LogP contribution >= 0.6 is 7.82 Å². The van der Waals surface area contributed by atoms with Crippen LogP contribution in [0.15, 0.2) is 12.3 Å². The number of aliphatic hydroxyl groups excluding tert-OH is 2. The molecule has 6 unspecified atom stereocenters. The molecular formula is C21H33N2O9P. The average Bonchev–Trinajstić information content (AvgIpc) is 2.88. The highest BCUT2D eigenvalue weighted by Gasteiger charge is 2.60. The van der Waals surface area contributed by atoms with E-state index in [-0.39, 0.29) is 11.8 Å². The van der Waals surface area contributed by atoms with Crippen molar-refractivity contribution in [2.75, 3.05) is 6.61 Å². The highest BCUT2D eigenvalue weighted by atomic mass is 31.2. The van der Waals surface area contributed by atoms with Gasteiger partial charge in [-0.1, -0.05) is 32.1 Å². The number of phosphoric ester groups is 1. The summed E-state index contributed by atoms with van der Waals surface area (Å²) >= 11 is 0. The minimum absolute atomic E-state index is 0.246. The van der Waals surface area contributed by atoms with E-state index in [9.17, 15) is 24.4 Å². The smallest absolute Gasteiger partial charge is 0.388 e. The molecule has 0 spiro atoms. The minimum Gasteiger partial charge on any atom is -0.388 e. The Hall–Kier alpha value is -1.33. The predicted octanol–water partition coefficient (Wildman–Crippen LogP) is 0.463. The second-order valence-corrected chi connectivity index (χ2v) is 10.9. The maximum Gasteiger partial charge on any atom is 0.469 e. The molecule has 0 aromatic carbocycles. The standard InChI is InChI=1S/C21H33N2O9P/c24-15-7-12-23-19(27)20(22-15)8-4-2-1-3-5-10-21(23,11-6-9-20)18-17(26)16(25)14(32-18)13-31-33(28,29)30/h7,12,14,16-18,25-26H,1-6,8-11,13H2,(H,22,24)(H2,28,29,30). The van der Waals surface area contributed by atoms with Gasteiger partial charge in [-0.05, 0) is 32.1 Å². The molecule has 4 aliphatic rings. The molecule has 3 fully saturated rings. The van der Waals surface area contributed by atoms with Crippen molar-refractivity contribution in [1.82, 2.24) is 10.2 Å². The van der Waals surface area contributed by atoms with Gasteiger partial charge in [0.15, 0.2) is 0 Å². The number of carbonyl (C=O) groups excluding carboxylic acids is 2. The molecule has 4 rings (SSSR count). The summed E-state index contributed by atoms with van der Waals surface area (Å²) in [6.45, 7) is -0.608. The number of carbonyl (C=O) groups is 2. The van der Waals surface area contributed by atoms with E-state index in [0.29, 0.717) is 32.1 Å². The van der Waals surface area contributed by atoms with Crippen LogP contribution in [0.2, 0.25) is 0 Å². The Bertz CT molecular complexity index is 848. The van der Waals surface area contributed by atoms with Gasteiger partial charge in [0, 0.05) is 12.3 Å². The quantitative estimate of drug-likeness (QED) is 0.353. The molecule has 0 aromatic heterocycles. The van der Waals surface area contributed by atoms with E-state index in [1.807, 2.05) is 0 Å². The van der Waals surface area contributed by atoms with Crippen molar-refractivity contribution in [3.63, 3.8) is 0 Å². The molecule has 12 heteroatoms. The SMILES string of the molecule is O=C1C=CN2C(=O)C3(CCCCCCCC2(C2OC(COP(=O)(O)O)C(O)C2O)CCC3)N1. The van der Waals surface area contributed by atoms with Gasteiger partial charge in [0.2, 0.25) is 5.91 Å². The number of aliphatic hydroxyl groups is 2. The average molecular weight is 488 g/mol. The molecule has 33 heavy (non-hydrogen) atoms. The van der Waals surface area contributed by atoms with Gasteiger partial charge in [-0.15, -0.1) is 0 Å². The summed E-state index contributed by atoms with van der Waals surface area (Å²) in [5.41, 5.74) is -2.05. The summed E-state index contributed by atoms with van der Waals surface area (Å²) in [5, 5.41) is 24.5. The zero-order chi connectivity index (χ0) is 23.9. The monoisotopic (exact) mass is 488 g/mol. The van der Waals surface area contributed by atoms with Crippen molar-refractivity contribution >= 4 is 19.6 Å². The van der Waals surface area contributed by atoms with Crippen LogP contribution in [-0.4, -0.2) is 78.8 Å². The first-order valence-electron chi connectivity index (χ1n) is 11.6. The molecule has 4 heterocycles. The molecule has 6 atom stereocenters. The highest BCUT2D eigenvalue weighted by molar-refractivity contribution is 7.46. The fraction of sp³-hybridized carbons (Fsp3) is 0.810. The third kappa shape index (κ3) is 4.77. The summed E-state index contributed by atoms with van der Waals surface area (Å²) in [6, 6.07) is 0. The molecule has 0 aromatic rings. The second kappa shape index (κ2) is 9.37. The lowest BCUT2D eigenvalue weighted by Gasteiger charge is -2.47. The highest BCUT2D eigenvalue weighted by Crippen LogP contribution is 2.47. The minimum atomic E-state index is -4.80. The van der Waals surface area contributed by atoms with Crippen LogP contribution in [0.25, 0.3) is 0 Å². The van der Waals surface area contributed by atoms with Crippen molar-refractivity contribution in [2.24, 2.45) is 0 Å². The lowest BCUT2D eigenvalue weighted by Crippen LogP contribution is -2.64. The van der Waals surface area contributed by atoms with Crippen molar-refractivity contribution in [3.05, 3.63) is 12.3 Å².